The van der Waals surface area contributed by atoms with Crippen molar-refractivity contribution in [1.29, 1.82) is 0 Å². The van der Waals surface area contributed by atoms with Gasteiger partial charge in [-0.3, -0.25) is 0 Å². The summed E-state index contributed by atoms with van der Waals surface area (Å²) in [7, 11) is 0. The first-order valence-corrected chi connectivity index (χ1v) is 6.68. The second-order valence-electron chi connectivity index (χ2n) is 5.11. The van der Waals surface area contributed by atoms with Gasteiger partial charge < -0.3 is 10.2 Å². The van der Waals surface area contributed by atoms with Crippen LogP contribution < -0.4 is 10.2 Å². The van der Waals surface area contributed by atoms with Crippen molar-refractivity contribution in [3.05, 3.63) is 59.7 Å². The molecule has 4 heteroatoms. The van der Waals surface area contributed by atoms with Gasteiger partial charge in [0.1, 0.15) is 11.6 Å². The van der Waals surface area contributed by atoms with E-state index < -0.39 is 11.6 Å². The molecule has 0 spiro atoms. The number of fused-ring (bicyclic) bond motifs is 1. The van der Waals surface area contributed by atoms with E-state index in [-0.39, 0.29) is 6.04 Å². The zero-order valence-corrected chi connectivity index (χ0v) is 11.2. The zero-order valence-electron chi connectivity index (χ0n) is 11.2. The number of nitrogens with one attached hydrogen (secondary N) is 1. The van der Waals surface area contributed by atoms with Crippen LogP contribution in [0.2, 0.25) is 0 Å². The number of hydrogen-bond acceptors (Lipinski definition) is 2. The van der Waals surface area contributed by atoms with Crippen LogP contribution in [-0.2, 0) is 6.54 Å². The summed E-state index contributed by atoms with van der Waals surface area (Å²) in [6, 6.07) is 12.0. The van der Waals surface area contributed by atoms with Gasteiger partial charge in [-0.15, -0.1) is 0 Å². The lowest BCUT2D eigenvalue weighted by molar-refractivity contribution is 0.560. The maximum Gasteiger partial charge on any atom is 0.131 e. The van der Waals surface area contributed by atoms with Gasteiger partial charge in [0, 0.05) is 30.8 Å². The van der Waals surface area contributed by atoms with Gasteiger partial charge >= 0.3 is 0 Å². The summed E-state index contributed by atoms with van der Waals surface area (Å²) in [5.74, 6) is -1.03. The molecule has 0 fully saturated rings. The first-order chi connectivity index (χ1) is 9.65. The molecule has 0 saturated heterocycles. The fourth-order valence-corrected chi connectivity index (χ4v) is 2.55. The Morgan fingerprint density at radius 2 is 2.00 bits per heavy atom. The maximum atomic E-state index is 13.8. The molecule has 1 atom stereocenters. The van der Waals surface area contributed by atoms with Gasteiger partial charge in [-0.2, -0.15) is 0 Å². The monoisotopic (exact) mass is 274 g/mol. The van der Waals surface area contributed by atoms with E-state index in [2.05, 4.69) is 17.1 Å². The minimum absolute atomic E-state index is 0.245. The lowest BCUT2D eigenvalue weighted by atomic mass is 10.1. The molecule has 0 radical (unpaired) electrons. The largest absolute Gasteiger partial charge is 0.381 e. The lowest BCUT2D eigenvalue weighted by Gasteiger charge is -2.37. The number of para-hydroxylation sites is 2. The first kappa shape index (κ1) is 12.9. The molecule has 1 N–H and O–H groups in total. The Morgan fingerprint density at radius 1 is 1.20 bits per heavy atom. The van der Waals surface area contributed by atoms with Gasteiger partial charge in [0.05, 0.1) is 11.4 Å². The zero-order chi connectivity index (χ0) is 14.1. The number of anilines is 2. The summed E-state index contributed by atoms with van der Waals surface area (Å²) >= 11 is 0. The smallest absolute Gasteiger partial charge is 0.131 e. The van der Waals surface area contributed by atoms with Gasteiger partial charge in [-0.05, 0) is 25.1 Å². The molecule has 1 heterocycles. The summed E-state index contributed by atoms with van der Waals surface area (Å²) in [6.07, 6.45) is 0. The third-order valence-corrected chi connectivity index (χ3v) is 3.69. The number of halogens is 2. The van der Waals surface area contributed by atoms with Gasteiger partial charge in [0.25, 0.3) is 0 Å². The van der Waals surface area contributed by atoms with Crippen molar-refractivity contribution in [3.8, 4) is 0 Å². The molecule has 20 heavy (non-hydrogen) atoms. The van der Waals surface area contributed by atoms with Crippen LogP contribution >= 0.6 is 0 Å². The van der Waals surface area contributed by atoms with Crippen molar-refractivity contribution in [3.63, 3.8) is 0 Å². The normalized spacial score (nSPS) is 17.6. The average molecular weight is 274 g/mol. The van der Waals surface area contributed by atoms with Crippen LogP contribution in [0.3, 0.4) is 0 Å². The van der Waals surface area contributed by atoms with Crippen molar-refractivity contribution in [2.24, 2.45) is 0 Å². The number of hydrogen-bond donors (Lipinski definition) is 1. The fraction of sp³-hybridized carbons (Fsp3) is 0.250. The van der Waals surface area contributed by atoms with E-state index in [4.69, 9.17) is 0 Å². The van der Waals surface area contributed by atoms with Crippen molar-refractivity contribution < 1.29 is 8.78 Å². The molecule has 2 aromatic rings. The Morgan fingerprint density at radius 3 is 2.80 bits per heavy atom. The molecule has 1 aliphatic heterocycles. The Labute approximate surface area is 117 Å². The summed E-state index contributed by atoms with van der Waals surface area (Å²) in [6.45, 7) is 3.33. The van der Waals surface area contributed by atoms with E-state index in [0.717, 1.165) is 24.0 Å². The quantitative estimate of drug-likeness (QED) is 0.896. The molecule has 0 aromatic heterocycles. The molecule has 1 aliphatic rings. The Hall–Kier alpha value is -2.10. The van der Waals surface area contributed by atoms with Crippen LogP contribution in [0, 0.1) is 11.6 Å². The van der Waals surface area contributed by atoms with E-state index >= 15 is 0 Å². The SMILES string of the molecule is CC1CNc2ccccc2N1Cc1ccc(F)cc1F. The molecule has 2 aromatic carbocycles. The number of rotatable bonds is 2. The molecular weight excluding hydrogens is 258 g/mol. The van der Waals surface area contributed by atoms with Gasteiger partial charge in [0.15, 0.2) is 0 Å². The van der Waals surface area contributed by atoms with Crippen LogP contribution in [0.4, 0.5) is 20.2 Å². The molecular formula is C16H16F2N2. The third kappa shape index (κ3) is 2.33. The van der Waals surface area contributed by atoms with Crippen LogP contribution in [0.15, 0.2) is 42.5 Å². The molecule has 2 nitrogen and oxygen atoms in total. The van der Waals surface area contributed by atoms with Crippen molar-refractivity contribution in [1.82, 2.24) is 0 Å². The van der Waals surface area contributed by atoms with E-state index in [1.807, 2.05) is 24.3 Å². The molecule has 3 rings (SSSR count). The Bertz CT molecular complexity index is 628. The number of nitrogens with zero attached hydrogens (tertiary/aromatic N) is 1. The van der Waals surface area contributed by atoms with Crippen LogP contribution in [0.5, 0.6) is 0 Å². The predicted molar refractivity (Wildman–Crippen MR) is 76.9 cm³/mol. The van der Waals surface area contributed by atoms with Crippen LogP contribution in [0.1, 0.15) is 12.5 Å². The molecule has 1 unspecified atom stereocenters. The Kier molecular flexibility index (Phi) is 3.30. The molecule has 0 saturated carbocycles. The lowest BCUT2D eigenvalue weighted by Crippen LogP contribution is -2.41. The van der Waals surface area contributed by atoms with Crippen LogP contribution in [-0.4, -0.2) is 12.6 Å². The first-order valence-electron chi connectivity index (χ1n) is 6.68. The summed E-state index contributed by atoms with van der Waals surface area (Å²) in [4.78, 5) is 2.14. The summed E-state index contributed by atoms with van der Waals surface area (Å²) < 4.78 is 26.8. The van der Waals surface area contributed by atoms with Gasteiger partial charge in [0.2, 0.25) is 0 Å². The van der Waals surface area contributed by atoms with E-state index in [1.54, 1.807) is 0 Å². The molecule has 0 amide bonds. The summed E-state index contributed by atoms with van der Waals surface area (Å²) in [5, 5.41) is 3.36. The van der Waals surface area contributed by atoms with E-state index in [1.165, 1.54) is 12.1 Å². The topological polar surface area (TPSA) is 15.3 Å². The minimum Gasteiger partial charge on any atom is -0.381 e. The van der Waals surface area contributed by atoms with Crippen molar-refractivity contribution >= 4 is 11.4 Å². The number of benzene rings is 2. The third-order valence-electron chi connectivity index (χ3n) is 3.69. The second kappa shape index (κ2) is 5.12. The minimum atomic E-state index is -0.542. The fourth-order valence-electron chi connectivity index (χ4n) is 2.55. The second-order valence-corrected chi connectivity index (χ2v) is 5.11. The predicted octanol–water partition coefficient (Wildman–Crippen LogP) is 3.79. The molecule has 0 bridgehead atoms. The highest BCUT2D eigenvalue weighted by Crippen LogP contribution is 2.32. The highest BCUT2D eigenvalue weighted by Gasteiger charge is 2.23. The maximum absolute atomic E-state index is 13.8. The van der Waals surface area contributed by atoms with Gasteiger partial charge in [-0.25, -0.2) is 8.78 Å². The Balaban J connectivity index is 1.93. The van der Waals surface area contributed by atoms with E-state index in [9.17, 15) is 8.78 Å². The average Bonchev–Trinajstić information content (AvgIpc) is 2.44. The highest BCUT2D eigenvalue weighted by molar-refractivity contribution is 5.72. The summed E-state index contributed by atoms with van der Waals surface area (Å²) in [5.41, 5.74) is 2.61. The van der Waals surface area contributed by atoms with Crippen LogP contribution in [0.25, 0.3) is 0 Å². The molecule has 104 valence electrons. The molecule has 0 aliphatic carbocycles. The van der Waals surface area contributed by atoms with Gasteiger partial charge in [-0.1, -0.05) is 18.2 Å². The highest BCUT2D eigenvalue weighted by atomic mass is 19.1. The standard InChI is InChI=1S/C16H16F2N2/c1-11-9-19-15-4-2-3-5-16(15)20(11)10-12-6-7-13(17)8-14(12)18/h2-8,11,19H,9-10H2,1H3. The van der Waals surface area contributed by atoms with Crippen molar-refractivity contribution in [2.75, 3.05) is 16.8 Å². The van der Waals surface area contributed by atoms with E-state index in [0.29, 0.717) is 12.1 Å². The van der Waals surface area contributed by atoms with Crippen molar-refractivity contribution in [2.45, 2.75) is 19.5 Å².